The molecule has 4 rings (SSSR count). The second-order valence-electron chi connectivity index (χ2n) is 16.4. The highest BCUT2D eigenvalue weighted by molar-refractivity contribution is 7.93. The van der Waals surface area contributed by atoms with Crippen LogP contribution < -0.4 is 16.0 Å². The molecule has 0 bridgehead atoms. The van der Waals surface area contributed by atoms with Crippen LogP contribution in [0.3, 0.4) is 0 Å². The molecule has 4 fully saturated rings. The first-order valence-corrected chi connectivity index (χ1v) is 21.2. The standard InChI is InChI=1S/C39H63N5O7S/c1-7-18-28-25-32-34(46)40-30(33(45)36(48)43(6)29-21-22-29)19-14-11-9-8-10-12-15-20-31(35(47)44(32)26-28)41-37(49)42-39(23-16-13-17-24-39)38(4,5)52(50,51)27(2)3/h18,27-32H,1,8-17,19-26H2,2-6H3,(H,40,46)(H2,41,42,49)/t28-,30+,31+,32+/m1/s1. The molecule has 4 atom stereocenters. The Bertz CT molecular complexity index is 1480. The van der Waals surface area contributed by atoms with Crippen LogP contribution in [0, 0.1) is 5.92 Å². The molecule has 5 amide bonds. The minimum Gasteiger partial charge on any atom is -0.344 e. The minimum absolute atomic E-state index is 0.0491. The number of carbonyl (C=O) groups excluding carboxylic acids is 5. The zero-order chi connectivity index (χ0) is 38.3. The summed E-state index contributed by atoms with van der Waals surface area (Å²) in [6.45, 7) is 10.6. The lowest BCUT2D eigenvalue weighted by atomic mass is 9.73. The molecule has 0 radical (unpaired) electrons. The summed E-state index contributed by atoms with van der Waals surface area (Å²) >= 11 is 0. The molecule has 2 saturated carbocycles. The van der Waals surface area contributed by atoms with Gasteiger partial charge >= 0.3 is 6.03 Å². The molecule has 12 nitrogen and oxygen atoms in total. The number of fused-ring (bicyclic) bond motifs is 1. The summed E-state index contributed by atoms with van der Waals surface area (Å²) in [5, 5.41) is 8.25. The van der Waals surface area contributed by atoms with Gasteiger partial charge in [0.1, 0.15) is 12.1 Å². The van der Waals surface area contributed by atoms with Crippen LogP contribution >= 0.6 is 0 Å². The van der Waals surface area contributed by atoms with Crippen molar-refractivity contribution in [2.45, 2.75) is 177 Å². The highest BCUT2D eigenvalue weighted by atomic mass is 32.2. The average Bonchev–Trinajstić information content (AvgIpc) is 3.87. The summed E-state index contributed by atoms with van der Waals surface area (Å²) in [4.78, 5) is 72.1. The van der Waals surface area contributed by atoms with E-state index in [4.69, 9.17) is 0 Å². The van der Waals surface area contributed by atoms with E-state index in [0.29, 0.717) is 38.5 Å². The Morgan fingerprint density at radius 1 is 0.962 bits per heavy atom. The van der Waals surface area contributed by atoms with Crippen LogP contribution in [-0.4, -0.2) is 101 Å². The van der Waals surface area contributed by atoms with Gasteiger partial charge in [0.15, 0.2) is 9.84 Å². The number of hydrogen-bond donors (Lipinski definition) is 3. The van der Waals surface area contributed by atoms with E-state index < -0.39 is 73.0 Å². The number of nitrogens with one attached hydrogen (secondary N) is 3. The van der Waals surface area contributed by atoms with Crippen LogP contribution in [0.25, 0.3) is 0 Å². The number of likely N-dealkylation sites (N-methyl/N-ethyl adjacent to an activating group) is 1. The predicted octanol–water partition coefficient (Wildman–Crippen LogP) is 4.72. The highest BCUT2D eigenvalue weighted by Gasteiger charge is 2.55. The first-order chi connectivity index (χ1) is 24.6. The normalized spacial score (nSPS) is 26.8. The molecule has 2 aliphatic carbocycles. The third-order valence-electron chi connectivity index (χ3n) is 12.2. The van der Waals surface area contributed by atoms with Gasteiger partial charge in [0.2, 0.25) is 17.6 Å². The van der Waals surface area contributed by atoms with Crippen LogP contribution in [-0.2, 0) is 29.0 Å². The van der Waals surface area contributed by atoms with Gasteiger partial charge in [-0.3, -0.25) is 19.2 Å². The molecular formula is C39H63N5O7S. The maximum Gasteiger partial charge on any atom is 0.315 e. The number of hydrogen-bond acceptors (Lipinski definition) is 7. The fourth-order valence-corrected chi connectivity index (χ4v) is 10.5. The van der Waals surface area contributed by atoms with Gasteiger partial charge in [0.05, 0.1) is 21.6 Å². The molecule has 52 heavy (non-hydrogen) atoms. The molecule has 0 aromatic heterocycles. The second-order valence-corrected chi connectivity index (χ2v) is 19.4. The SMILES string of the molecule is C=C=C[C@@H]1C[C@H]2C(=O)N[C@H](C(=O)C(=O)N(C)C3CC3)CCCCCCCCC[C@H](NC(=O)NC3(C(C)(C)S(=O)(=O)C(C)C)CCCCC3)C(=O)N2C1. The number of sulfone groups is 1. The first-order valence-electron chi connectivity index (χ1n) is 19.7. The Hall–Kier alpha value is -3.18. The lowest BCUT2D eigenvalue weighted by Crippen LogP contribution is -2.68. The van der Waals surface area contributed by atoms with E-state index in [1.165, 1.54) is 9.80 Å². The number of ketones is 1. The second kappa shape index (κ2) is 17.8. The molecule has 0 aromatic rings. The summed E-state index contributed by atoms with van der Waals surface area (Å²) in [5.74, 6) is -2.40. The predicted molar refractivity (Wildman–Crippen MR) is 201 cm³/mol. The summed E-state index contributed by atoms with van der Waals surface area (Å²) < 4.78 is 26.1. The lowest BCUT2D eigenvalue weighted by Gasteiger charge is -2.49. The topological polar surface area (TPSA) is 162 Å². The van der Waals surface area contributed by atoms with Crippen LogP contribution in [0.4, 0.5) is 4.79 Å². The molecule has 4 aliphatic rings. The summed E-state index contributed by atoms with van der Waals surface area (Å²) in [5.41, 5.74) is 1.75. The number of amides is 5. The van der Waals surface area contributed by atoms with E-state index in [9.17, 15) is 32.4 Å². The van der Waals surface area contributed by atoms with Crippen molar-refractivity contribution in [2.75, 3.05) is 13.6 Å². The van der Waals surface area contributed by atoms with Gasteiger partial charge in [0, 0.05) is 25.6 Å². The Morgan fingerprint density at radius 3 is 2.12 bits per heavy atom. The molecule has 2 aliphatic heterocycles. The summed E-state index contributed by atoms with van der Waals surface area (Å²) in [7, 11) is -2.01. The highest BCUT2D eigenvalue weighted by Crippen LogP contribution is 2.43. The zero-order valence-electron chi connectivity index (χ0n) is 32.1. The number of carbonyl (C=O) groups is 5. The molecule has 2 heterocycles. The average molecular weight is 746 g/mol. The van der Waals surface area contributed by atoms with Crippen LogP contribution in [0.15, 0.2) is 18.4 Å². The monoisotopic (exact) mass is 745 g/mol. The maximum atomic E-state index is 14.5. The third-order valence-corrected chi connectivity index (χ3v) is 15.2. The Kier molecular flexibility index (Phi) is 14.2. The van der Waals surface area contributed by atoms with E-state index in [1.54, 1.807) is 40.8 Å². The third kappa shape index (κ3) is 9.48. The molecule has 3 N–H and O–H groups in total. The molecule has 0 spiro atoms. The maximum absolute atomic E-state index is 14.5. The number of urea groups is 1. The molecule has 292 valence electrons. The quantitative estimate of drug-likeness (QED) is 0.227. The molecule has 0 aromatic carbocycles. The largest absolute Gasteiger partial charge is 0.344 e. The van der Waals surface area contributed by atoms with E-state index >= 15 is 0 Å². The van der Waals surface area contributed by atoms with Gasteiger partial charge in [-0.05, 0) is 78.7 Å². The van der Waals surface area contributed by atoms with Gasteiger partial charge < -0.3 is 25.8 Å². The van der Waals surface area contributed by atoms with Crippen molar-refractivity contribution in [1.82, 2.24) is 25.8 Å². The van der Waals surface area contributed by atoms with Crippen molar-refractivity contribution in [2.24, 2.45) is 5.92 Å². The fourth-order valence-electron chi connectivity index (χ4n) is 8.48. The van der Waals surface area contributed by atoms with Crippen molar-refractivity contribution < 1.29 is 32.4 Å². The van der Waals surface area contributed by atoms with Gasteiger partial charge in [-0.2, -0.15) is 0 Å². The van der Waals surface area contributed by atoms with Gasteiger partial charge in [0.25, 0.3) is 5.91 Å². The van der Waals surface area contributed by atoms with Gasteiger partial charge in [-0.25, -0.2) is 13.2 Å². The molecule has 2 saturated heterocycles. The number of rotatable bonds is 9. The van der Waals surface area contributed by atoms with Crippen molar-refractivity contribution in [1.29, 1.82) is 0 Å². The summed E-state index contributed by atoms with van der Waals surface area (Å²) in [6.07, 6.45) is 13.8. The number of nitrogens with zero attached hydrogens (tertiary/aromatic N) is 2. The Labute approximate surface area is 311 Å². The van der Waals surface area contributed by atoms with Crippen LogP contribution in [0.1, 0.15) is 137 Å². The Balaban J connectivity index is 1.61. The van der Waals surface area contributed by atoms with Crippen molar-refractivity contribution in [3.63, 3.8) is 0 Å². The minimum atomic E-state index is -3.64. The van der Waals surface area contributed by atoms with E-state index in [1.807, 2.05) is 0 Å². The zero-order valence-corrected chi connectivity index (χ0v) is 33.0. The molecule has 0 unspecified atom stereocenters. The lowest BCUT2D eigenvalue weighted by molar-refractivity contribution is -0.146. The first kappa shape index (κ1) is 41.6. The van der Waals surface area contributed by atoms with Gasteiger partial charge in [-0.15, -0.1) is 5.73 Å². The fraction of sp³-hybridized carbons (Fsp3) is 0.795. The smallest absolute Gasteiger partial charge is 0.315 e. The molecule has 13 heteroatoms. The van der Waals surface area contributed by atoms with Crippen molar-refractivity contribution in [3.05, 3.63) is 18.4 Å². The van der Waals surface area contributed by atoms with Crippen molar-refractivity contribution >= 4 is 39.4 Å². The van der Waals surface area contributed by atoms with E-state index in [-0.39, 0.29) is 24.9 Å². The van der Waals surface area contributed by atoms with E-state index in [2.05, 4.69) is 28.3 Å². The van der Waals surface area contributed by atoms with E-state index in [0.717, 1.165) is 64.2 Å². The summed E-state index contributed by atoms with van der Waals surface area (Å²) in [6, 6.07) is -3.46. The van der Waals surface area contributed by atoms with Gasteiger partial charge in [-0.1, -0.05) is 70.8 Å². The number of Topliss-reactive ketones (excluding diaryl/α,β-unsaturated/α-hetero) is 1. The van der Waals surface area contributed by atoms with Crippen molar-refractivity contribution in [3.8, 4) is 0 Å². The van der Waals surface area contributed by atoms with Crippen LogP contribution in [0.5, 0.6) is 0 Å². The molecular weight excluding hydrogens is 683 g/mol. The van der Waals surface area contributed by atoms with Crippen LogP contribution in [0.2, 0.25) is 0 Å². The Morgan fingerprint density at radius 2 is 1.54 bits per heavy atom.